The molecule has 112 valence electrons. The Hall–Kier alpha value is -0.860. The molecule has 20 heavy (non-hydrogen) atoms. The largest absolute Gasteiger partial charge is 0.390 e. The number of benzene rings is 1. The Bertz CT molecular complexity index is 412. The summed E-state index contributed by atoms with van der Waals surface area (Å²) in [7, 11) is 0. The van der Waals surface area contributed by atoms with Crippen molar-refractivity contribution in [2.45, 2.75) is 76.4 Å². The third-order valence-electron chi connectivity index (χ3n) is 5.02. The molecule has 2 N–H and O–H groups in total. The summed E-state index contributed by atoms with van der Waals surface area (Å²) in [6, 6.07) is 8.23. The number of rotatable bonds is 5. The van der Waals surface area contributed by atoms with E-state index in [1.807, 2.05) is 26.0 Å². The van der Waals surface area contributed by atoms with Crippen LogP contribution in [-0.2, 0) is 12.0 Å². The fraction of sp³-hybridized carbons (Fsp3) is 0.667. The highest BCUT2D eigenvalue weighted by atomic mass is 16.3. The van der Waals surface area contributed by atoms with Gasteiger partial charge in [0.15, 0.2) is 0 Å². The normalized spacial score (nSPS) is 19.0. The van der Waals surface area contributed by atoms with Crippen LogP contribution in [0, 0.1) is 0 Å². The van der Waals surface area contributed by atoms with Gasteiger partial charge in [-0.05, 0) is 36.8 Å². The van der Waals surface area contributed by atoms with Crippen LogP contribution in [0.25, 0.3) is 0 Å². The zero-order chi connectivity index (χ0) is 14.6. The summed E-state index contributed by atoms with van der Waals surface area (Å²) in [4.78, 5) is 0. The van der Waals surface area contributed by atoms with E-state index in [2.05, 4.69) is 12.1 Å². The van der Waals surface area contributed by atoms with Crippen LogP contribution in [-0.4, -0.2) is 15.8 Å². The van der Waals surface area contributed by atoms with Crippen LogP contribution in [0.4, 0.5) is 0 Å². The van der Waals surface area contributed by atoms with Gasteiger partial charge in [0.25, 0.3) is 0 Å². The van der Waals surface area contributed by atoms with Gasteiger partial charge in [-0.1, -0.05) is 57.4 Å². The SMILES string of the molecule is CCC(O)(CC)Cc1ccc(C2(O)CCCCC2)cc1. The standard InChI is InChI=1S/C18H28O2/c1-3-17(19,4-2)14-15-8-10-16(11-9-15)18(20)12-6-5-7-13-18/h8-11,19-20H,3-7,12-14H2,1-2H3. The van der Waals surface area contributed by atoms with Crippen molar-refractivity contribution in [3.05, 3.63) is 35.4 Å². The van der Waals surface area contributed by atoms with Crippen LogP contribution in [0.15, 0.2) is 24.3 Å². The molecule has 1 aromatic carbocycles. The molecule has 0 spiro atoms. The van der Waals surface area contributed by atoms with Crippen LogP contribution in [0.5, 0.6) is 0 Å². The Morgan fingerprint density at radius 3 is 2.05 bits per heavy atom. The van der Waals surface area contributed by atoms with Gasteiger partial charge in [-0.15, -0.1) is 0 Å². The second kappa shape index (κ2) is 6.28. The van der Waals surface area contributed by atoms with E-state index < -0.39 is 11.2 Å². The average Bonchev–Trinajstić information content (AvgIpc) is 2.48. The molecule has 1 aromatic rings. The lowest BCUT2D eigenvalue weighted by molar-refractivity contribution is -0.000668. The average molecular weight is 276 g/mol. The second-order valence-corrected chi connectivity index (χ2v) is 6.40. The second-order valence-electron chi connectivity index (χ2n) is 6.40. The lowest BCUT2D eigenvalue weighted by Gasteiger charge is -2.33. The molecular weight excluding hydrogens is 248 g/mol. The first-order chi connectivity index (χ1) is 9.51. The van der Waals surface area contributed by atoms with Gasteiger partial charge < -0.3 is 10.2 Å². The van der Waals surface area contributed by atoms with Gasteiger partial charge in [0, 0.05) is 6.42 Å². The maximum absolute atomic E-state index is 10.7. The Morgan fingerprint density at radius 2 is 1.55 bits per heavy atom. The van der Waals surface area contributed by atoms with Crippen molar-refractivity contribution in [3.63, 3.8) is 0 Å². The van der Waals surface area contributed by atoms with Gasteiger partial charge in [-0.2, -0.15) is 0 Å². The lowest BCUT2D eigenvalue weighted by Crippen LogP contribution is -2.30. The fourth-order valence-electron chi connectivity index (χ4n) is 3.24. The smallest absolute Gasteiger partial charge is 0.0896 e. The van der Waals surface area contributed by atoms with Crippen LogP contribution in [0.2, 0.25) is 0 Å². The molecule has 1 aliphatic rings. The van der Waals surface area contributed by atoms with E-state index in [4.69, 9.17) is 0 Å². The van der Waals surface area contributed by atoms with Gasteiger partial charge in [-0.25, -0.2) is 0 Å². The minimum absolute atomic E-state index is 0.594. The van der Waals surface area contributed by atoms with E-state index in [-0.39, 0.29) is 0 Å². The van der Waals surface area contributed by atoms with E-state index in [9.17, 15) is 10.2 Å². The Balaban J connectivity index is 2.10. The topological polar surface area (TPSA) is 40.5 Å². The maximum Gasteiger partial charge on any atom is 0.0896 e. The van der Waals surface area contributed by atoms with E-state index in [1.165, 1.54) is 6.42 Å². The highest BCUT2D eigenvalue weighted by Crippen LogP contribution is 2.37. The first-order valence-electron chi connectivity index (χ1n) is 8.05. The summed E-state index contributed by atoms with van der Waals surface area (Å²) in [5.41, 5.74) is 0.975. The van der Waals surface area contributed by atoms with Gasteiger partial charge in [-0.3, -0.25) is 0 Å². The van der Waals surface area contributed by atoms with Crippen LogP contribution in [0.1, 0.15) is 69.9 Å². The summed E-state index contributed by atoms with van der Waals surface area (Å²) in [5, 5.41) is 21.1. The van der Waals surface area contributed by atoms with E-state index in [0.717, 1.165) is 49.7 Å². The summed E-state index contributed by atoms with van der Waals surface area (Å²) >= 11 is 0. The van der Waals surface area contributed by atoms with Crippen molar-refractivity contribution in [2.24, 2.45) is 0 Å². The molecule has 2 nitrogen and oxygen atoms in total. The molecule has 1 aliphatic carbocycles. The lowest BCUT2D eigenvalue weighted by atomic mass is 9.79. The highest BCUT2D eigenvalue weighted by Gasteiger charge is 2.31. The molecule has 0 atom stereocenters. The van der Waals surface area contributed by atoms with Gasteiger partial charge >= 0.3 is 0 Å². The van der Waals surface area contributed by atoms with Gasteiger partial charge in [0.05, 0.1) is 11.2 Å². The molecule has 0 heterocycles. The van der Waals surface area contributed by atoms with Crippen molar-refractivity contribution in [1.82, 2.24) is 0 Å². The van der Waals surface area contributed by atoms with E-state index in [0.29, 0.717) is 6.42 Å². The van der Waals surface area contributed by atoms with Crippen molar-refractivity contribution < 1.29 is 10.2 Å². The third-order valence-corrected chi connectivity index (χ3v) is 5.02. The minimum atomic E-state index is -0.622. The third kappa shape index (κ3) is 3.42. The van der Waals surface area contributed by atoms with E-state index in [1.54, 1.807) is 0 Å². The number of aliphatic hydroxyl groups is 2. The molecule has 1 saturated carbocycles. The highest BCUT2D eigenvalue weighted by molar-refractivity contribution is 5.28. The van der Waals surface area contributed by atoms with Crippen molar-refractivity contribution in [1.29, 1.82) is 0 Å². The molecule has 0 unspecified atom stereocenters. The molecular formula is C18H28O2. The molecule has 0 aromatic heterocycles. The fourth-order valence-corrected chi connectivity index (χ4v) is 3.24. The molecule has 2 rings (SSSR count). The van der Waals surface area contributed by atoms with Crippen molar-refractivity contribution >= 4 is 0 Å². The molecule has 0 aliphatic heterocycles. The minimum Gasteiger partial charge on any atom is -0.390 e. The van der Waals surface area contributed by atoms with Crippen LogP contribution < -0.4 is 0 Å². The Morgan fingerprint density at radius 1 is 1.00 bits per heavy atom. The molecule has 0 amide bonds. The van der Waals surface area contributed by atoms with Crippen LogP contribution in [0.3, 0.4) is 0 Å². The Labute approximate surface area is 122 Å². The molecule has 2 heteroatoms. The first-order valence-corrected chi connectivity index (χ1v) is 8.05. The quantitative estimate of drug-likeness (QED) is 0.855. The maximum atomic E-state index is 10.7. The summed E-state index contributed by atoms with van der Waals surface area (Å²) in [6.45, 7) is 4.06. The van der Waals surface area contributed by atoms with Gasteiger partial charge in [0.1, 0.15) is 0 Å². The summed E-state index contributed by atoms with van der Waals surface area (Å²) in [5.74, 6) is 0. The molecule has 0 saturated heterocycles. The first kappa shape index (κ1) is 15.5. The molecule has 1 fully saturated rings. The molecule has 0 radical (unpaired) electrons. The number of hydrogen-bond donors (Lipinski definition) is 2. The summed E-state index contributed by atoms with van der Waals surface area (Å²) < 4.78 is 0. The summed E-state index contributed by atoms with van der Waals surface area (Å²) in [6.07, 6.45) is 7.46. The number of hydrogen-bond acceptors (Lipinski definition) is 2. The predicted molar refractivity (Wildman–Crippen MR) is 82.7 cm³/mol. The van der Waals surface area contributed by atoms with Crippen LogP contribution >= 0.6 is 0 Å². The van der Waals surface area contributed by atoms with E-state index >= 15 is 0 Å². The van der Waals surface area contributed by atoms with Crippen molar-refractivity contribution in [2.75, 3.05) is 0 Å². The molecule has 0 bridgehead atoms. The van der Waals surface area contributed by atoms with Crippen molar-refractivity contribution in [3.8, 4) is 0 Å². The zero-order valence-electron chi connectivity index (χ0n) is 12.9. The monoisotopic (exact) mass is 276 g/mol. The predicted octanol–water partition coefficient (Wildman–Crippen LogP) is 3.93. The zero-order valence-corrected chi connectivity index (χ0v) is 12.9. The van der Waals surface area contributed by atoms with Gasteiger partial charge in [0.2, 0.25) is 0 Å². The Kier molecular flexibility index (Phi) is 4.87.